The Labute approximate surface area is 240 Å². The zero-order valence-corrected chi connectivity index (χ0v) is 23.4. The van der Waals surface area contributed by atoms with E-state index in [1.165, 1.54) is 48.2 Å². The van der Waals surface area contributed by atoms with Crippen molar-refractivity contribution in [3.8, 4) is 11.5 Å². The topological polar surface area (TPSA) is 84.9 Å². The highest BCUT2D eigenvalue weighted by atomic mass is 35.5. The van der Waals surface area contributed by atoms with Crippen LogP contribution in [0.25, 0.3) is 0 Å². The molecule has 0 aromatic heterocycles. The Bertz CT molecular complexity index is 1630. The number of nitrogens with zero attached hydrogens (tertiary/aromatic N) is 1. The maximum atomic E-state index is 14.2. The van der Waals surface area contributed by atoms with Crippen LogP contribution in [0.1, 0.15) is 5.56 Å². The summed E-state index contributed by atoms with van der Waals surface area (Å²) in [6.45, 7) is 0.0481. The number of rotatable bonds is 9. The summed E-state index contributed by atoms with van der Waals surface area (Å²) in [5, 5.41) is 3.47. The minimum absolute atomic E-state index is 0.00966. The van der Waals surface area contributed by atoms with Crippen LogP contribution in [0.3, 0.4) is 0 Å². The molecule has 4 aromatic carbocycles. The molecule has 1 N–H and O–H groups in total. The number of hydrogen-bond acceptors (Lipinski definition) is 6. The van der Waals surface area contributed by atoms with Crippen LogP contribution in [0.5, 0.6) is 11.5 Å². The molecule has 1 aliphatic heterocycles. The first-order valence-electron chi connectivity index (χ1n) is 12.2. The lowest BCUT2D eigenvalue weighted by molar-refractivity contribution is -0.114. The summed E-state index contributed by atoms with van der Waals surface area (Å²) in [7, 11) is -4.30. The van der Waals surface area contributed by atoms with Crippen molar-refractivity contribution in [3.63, 3.8) is 0 Å². The number of para-hydroxylation sites is 1. The van der Waals surface area contributed by atoms with E-state index in [-0.39, 0.29) is 22.9 Å². The van der Waals surface area contributed by atoms with Crippen LogP contribution in [-0.2, 0) is 20.6 Å². The summed E-state index contributed by atoms with van der Waals surface area (Å²) in [4.78, 5) is 14.0. The molecule has 0 spiro atoms. The van der Waals surface area contributed by atoms with Crippen molar-refractivity contribution >= 4 is 50.7 Å². The van der Waals surface area contributed by atoms with E-state index in [4.69, 9.17) is 21.1 Å². The number of carbonyl (C=O) groups is 1. The average molecular weight is 599 g/mol. The Morgan fingerprint density at radius 3 is 2.45 bits per heavy atom. The van der Waals surface area contributed by atoms with E-state index in [0.29, 0.717) is 28.8 Å². The van der Waals surface area contributed by atoms with Crippen LogP contribution >= 0.6 is 23.4 Å². The number of sulfonamides is 1. The number of nitrogens with one attached hydrogen (secondary N) is 1. The van der Waals surface area contributed by atoms with E-state index in [9.17, 15) is 17.6 Å². The van der Waals surface area contributed by atoms with Gasteiger partial charge in [-0.2, -0.15) is 0 Å². The quantitative estimate of drug-likeness (QED) is 0.225. The smallest absolute Gasteiger partial charge is 0.264 e. The third kappa shape index (κ3) is 6.52. The highest BCUT2D eigenvalue weighted by molar-refractivity contribution is 7.98. The number of halogens is 2. The van der Waals surface area contributed by atoms with Crippen LogP contribution in [0.4, 0.5) is 15.8 Å². The number of thioether (sulfide) groups is 1. The van der Waals surface area contributed by atoms with Crippen molar-refractivity contribution < 1.29 is 27.1 Å². The maximum absolute atomic E-state index is 14.2. The lowest BCUT2D eigenvalue weighted by Crippen LogP contribution is -2.38. The minimum atomic E-state index is -4.30. The fourth-order valence-corrected chi connectivity index (χ4v) is 6.53. The molecule has 1 heterocycles. The van der Waals surface area contributed by atoms with Crippen molar-refractivity contribution in [2.45, 2.75) is 15.5 Å². The normalized spacial score (nSPS) is 12.6. The molecule has 1 aliphatic rings. The molecule has 0 saturated carbocycles. The van der Waals surface area contributed by atoms with Crippen LogP contribution in [0.2, 0.25) is 5.02 Å². The van der Waals surface area contributed by atoms with Gasteiger partial charge in [0.05, 0.1) is 16.3 Å². The van der Waals surface area contributed by atoms with Crippen LogP contribution in [0, 0.1) is 5.82 Å². The molecule has 40 heavy (non-hydrogen) atoms. The first-order chi connectivity index (χ1) is 19.3. The molecule has 0 bridgehead atoms. The number of amides is 1. The van der Waals surface area contributed by atoms with Gasteiger partial charge in [0.25, 0.3) is 10.0 Å². The molecule has 1 amide bonds. The SMILES string of the molecule is O=C(CN(c1cccc(F)c1)S(=O)(=O)c1ccc2c(c1)OCCO2)Nc1ccccc1SCc1ccc(Cl)cc1. The predicted octanol–water partition coefficient (Wildman–Crippen LogP) is 6.38. The van der Waals surface area contributed by atoms with Gasteiger partial charge in [-0.1, -0.05) is 41.9 Å². The summed E-state index contributed by atoms with van der Waals surface area (Å²) < 4.78 is 53.6. The highest BCUT2D eigenvalue weighted by Gasteiger charge is 2.29. The van der Waals surface area contributed by atoms with Gasteiger partial charge in [-0.05, 0) is 60.2 Å². The fraction of sp³-hybridized carbons (Fsp3) is 0.138. The minimum Gasteiger partial charge on any atom is -0.486 e. The number of carbonyl (C=O) groups excluding carboxylic acids is 1. The Kier molecular flexibility index (Phi) is 8.49. The third-order valence-electron chi connectivity index (χ3n) is 5.95. The monoisotopic (exact) mass is 598 g/mol. The van der Waals surface area contributed by atoms with Gasteiger partial charge in [-0.25, -0.2) is 12.8 Å². The molecule has 11 heteroatoms. The Morgan fingerprint density at radius 1 is 0.925 bits per heavy atom. The number of fused-ring (bicyclic) bond motifs is 1. The van der Waals surface area contributed by atoms with E-state index >= 15 is 0 Å². The van der Waals surface area contributed by atoms with Gasteiger partial charge in [-0.3, -0.25) is 9.10 Å². The molecule has 5 rings (SSSR count). The summed E-state index contributed by atoms with van der Waals surface area (Å²) in [6, 6.07) is 24.0. The van der Waals surface area contributed by atoms with Crippen LogP contribution < -0.4 is 19.1 Å². The van der Waals surface area contributed by atoms with Gasteiger partial charge >= 0.3 is 0 Å². The Balaban J connectivity index is 1.39. The summed E-state index contributed by atoms with van der Waals surface area (Å²) in [5.41, 5.74) is 1.59. The van der Waals surface area contributed by atoms with Gasteiger partial charge in [-0.15, -0.1) is 11.8 Å². The number of ether oxygens (including phenoxy) is 2. The highest BCUT2D eigenvalue weighted by Crippen LogP contribution is 2.35. The molecule has 0 atom stereocenters. The van der Waals surface area contributed by atoms with E-state index < -0.39 is 28.3 Å². The van der Waals surface area contributed by atoms with E-state index in [1.54, 1.807) is 12.1 Å². The van der Waals surface area contributed by atoms with Gasteiger partial charge in [0.2, 0.25) is 5.91 Å². The molecule has 206 valence electrons. The predicted molar refractivity (Wildman–Crippen MR) is 154 cm³/mol. The van der Waals surface area contributed by atoms with Crippen molar-refractivity contribution in [2.75, 3.05) is 29.4 Å². The van der Waals surface area contributed by atoms with Crippen LogP contribution in [0.15, 0.2) is 101 Å². The van der Waals surface area contributed by atoms with Crippen molar-refractivity contribution in [1.82, 2.24) is 0 Å². The van der Waals surface area contributed by atoms with Crippen molar-refractivity contribution in [2.24, 2.45) is 0 Å². The van der Waals surface area contributed by atoms with E-state index in [0.717, 1.165) is 20.8 Å². The van der Waals surface area contributed by atoms with Crippen molar-refractivity contribution in [1.29, 1.82) is 0 Å². The Morgan fingerprint density at radius 2 is 1.68 bits per heavy atom. The summed E-state index contributed by atoms with van der Waals surface area (Å²) in [6.07, 6.45) is 0. The zero-order chi connectivity index (χ0) is 28.1. The number of benzene rings is 4. The molecule has 0 aliphatic carbocycles. The number of anilines is 2. The van der Waals surface area contributed by atoms with E-state index in [1.807, 2.05) is 36.4 Å². The van der Waals surface area contributed by atoms with Gasteiger partial charge < -0.3 is 14.8 Å². The average Bonchev–Trinajstić information content (AvgIpc) is 2.96. The Hall–Kier alpha value is -3.73. The first kappa shape index (κ1) is 27.8. The van der Waals surface area contributed by atoms with Gasteiger partial charge in [0, 0.05) is 21.7 Å². The molecule has 0 saturated heterocycles. The first-order valence-corrected chi connectivity index (χ1v) is 15.0. The molecule has 0 radical (unpaired) electrons. The molecule has 0 fully saturated rings. The second-order valence-electron chi connectivity index (χ2n) is 8.76. The summed E-state index contributed by atoms with van der Waals surface area (Å²) in [5.74, 6) is 0.113. The van der Waals surface area contributed by atoms with Gasteiger partial charge in [0.1, 0.15) is 25.6 Å². The molecular formula is C29H24ClFN2O5S2. The van der Waals surface area contributed by atoms with Crippen molar-refractivity contribution in [3.05, 3.63) is 107 Å². The van der Waals surface area contributed by atoms with E-state index in [2.05, 4.69) is 5.32 Å². The number of hydrogen-bond donors (Lipinski definition) is 1. The standard InChI is InChI=1S/C29H24ClFN2O5S2/c30-21-10-8-20(9-11-21)19-39-28-7-2-1-6-25(28)32-29(34)18-33(23-5-3-4-22(31)16-23)40(35,36)24-12-13-26-27(17-24)38-15-14-37-26/h1-13,16-17H,14-15,18-19H2,(H,32,34). The summed E-state index contributed by atoms with van der Waals surface area (Å²) >= 11 is 7.49. The zero-order valence-electron chi connectivity index (χ0n) is 21.0. The fourth-order valence-electron chi connectivity index (χ4n) is 4.02. The second-order valence-corrected chi connectivity index (χ2v) is 12.1. The maximum Gasteiger partial charge on any atom is 0.264 e. The molecule has 0 unspecified atom stereocenters. The second kappa shape index (κ2) is 12.2. The molecular weight excluding hydrogens is 575 g/mol. The van der Waals surface area contributed by atoms with Gasteiger partial charge in [0.15, 0.2) is 11.5 Å². The lowest BCUT2D eigenvalue weighted by Gasteiger charge is -2.25. The lowest BCUT2D eigenvalue weighted by atomic mass is 10.2. The third-order valence-corrected chi connectivity index (χ3v) is 9.12. The van der Waals surface area contributed by atoms with Crippen LogP contribution in [-0.4, -0.2) is 34.1 Å². The molecule has 7 nitrogen and oxygen atoms in total. The molecule has 4 aromatic rings. The largest absolute Gasteiger partial charge is 0.486 e.